The molecule has 0 aliphatic carbocycles. The van der Waals surface area contributed by atoms with E-state index < -0.39 is 7.12 Å². The molecule has 0 atom stereocenters. The van der Waals surface area contributed by atoms with E-state index in [1.165, 1.54) is 0 Å². The minimum atomic E-state index is -1.45. The number of pyridine rings is 1. The molecule has 0 unspecified atom stereocenters. The van der Waals surface area contributed by atoms with Crippen LogP contribution in [0.25, 0.3) is 10.9 Å². The monoisotopic (exact) mass is 207 g/mol. The molecular weight excluding hydrogens is 200 g/mol. The second-order valence-corrected chi connectivity index (χ2v) is 3.35. The van der Waals surface area contributed by atoms with E-state index in [9.17, 15) is 0 Å². The summed E-state index contributed by atoms with van der Waals surface area (Å²) in [5.41, 5.74) is 1.18. The highest BCUT2D eigenvalue weighted by atomic mass is 35.5. The third-order valence-corrected chi connectivity index (χ3v) is 2.19. The van der Waals surface area contributed by atoms with Gasteiger partial charge in [0.1, 0.15) is 5.15 Å². The Labute approximate surface area is 86.1 Å². The van der Waals surface area contributed by atoms with Crippen LogP contribution in [0.5, 0.6) is 0 Å². The topological polar surface area (TPSA) is 53.4 Å². The Morgan fingerprint density at radius 1 is 1.14 bits per heavy atom. The van der Waals surface area contributed by atoms with Crippen LogP contribution in [0.4, 0.5) is 0 Å². The van der Waals surface area contributed by atoms with Crippen LogP contribution in [-0.2, 0) is 0 Å². The van der Waals surface area contributed by atoms with E-state index >= 15 is 0 Å². The first kappa shape index (κ1) is 9.46. The molecule has 1 aromatic carbocycles. The second kappa shape index (κ2) is 3.57. The van der Waals surface area contributed by atoms with Gasteiger partial charge in [0.25, 0.3) is 0 Å². The molecule has 0 spiro atoms. The fourth-order valence-electron chi connectivity index (χ4n) is 1.28. The largest absolute Gasteiger partial charge is 0.488 e. The number of hydrogen-bond donors (Lipinski definition) is 2. The van der Waals surface area contributed by atoms with Gasteiger partial charge < -0.3 is 10.0 Å². The van der Waals surface area contributed by atoms with Gasteiger partial charge in [-0.25, -0.2) is 4.98 Å². The van der Waals surface area contributed by atoms with E-state index in [1.807, 2.05) is 0 Å². The number of rotatable bonds is 1. The number of nitrogens with zero attached hydrogens (tertiary/aromatic N) is 1. The number of hydrogen-bond acceptors (Lipinski definition) is 3. The van der Waals surface area contributed by atoms with Crippen molar-refractivity contribution in [1.82, 2.24) is 4.98 Å². The standard InChI is InChI=1S/C9H7BClNO2/c11-9-4-1-6-5-7(10(13)14)2-3-8(6)12-9/h1-5,13-14H. The first-order chi connectivity index (χ1) is 6.66. The molecule has 1 aromatic heterocycles. The zero-order chi connectivity index (χ0) is 10.1. The number of aromatic nitrogens is 1. The minimum Gasteiger partial charge on any atom is -0.423 e. The van der Waals surface area contributed by atoms with Crippen LogP contribution in [0.3, 0.4) is 0 Å². The van der Waals surface area contributed by atoms with Crippen LogP contribution in [0.1, 0.15) is 0 Å². The second-order valence-electron chi connectivity index (χ2n) is 2.96. The fourth-order valence-corrected chi connectivity index (χ4v) is 1.43. The molecule has 3 nitrogen and oxygen atoms in total. The summed E-state index contributed by atoms with van der Waals surface area (Å²) in [6.07, 6.45) is 0. The fraction of sp³-hybridized carbons (Fsp3) is 0. The van der Waals surface area contributed by atoms with E-state index in [1.54, 1.807) is 30.3 Å². The molecule has 0 radical (unpaired) electrons. The predicted molar refractivity (Wildman–Crippen MR) is 56.6 cm³/mol. The van der Waals surface area contributed by atoms with Crippen molar-refractivity contribution in [2.75, 3.05) is 0 Å². The lowest BCUT2D eigenvalue weighted by molar-refractivity contribution is 0.426. The third-order valence-electron chi connectivity index (χ3n) is 1.98. The van der Waals surface area contributed by atoms with Gasteiger partial charge in [0, 0.05) is 0 Å². The molecular formula is C9H7BClNO2. The first-order valence-corrected chi connectivity index (χ1v) is 4.47. The van der Waals surface area contributed by atoms with Gasteiger partial charge in [0.05, 0.1) is 5.52 Å². The van der Waals surface area contributed by atoms with Crippen molar-refractivity contribution in [3.63, 3.8) is 0 Å². The normalized spacial score (nSPS) is 10.5. The van der Waals surface area contributed by atoms with Crippen molar-refractivity contribution < 1.29 is 10.0 Å². The summed E-state index contributed by atoms with van der Waals surface area (Å²) in [6.45, 7) is 0. The molecule has 5 heteroatoms. The molecule has 0 saturated carbocycles. The van der Waals surface area contributed by atoms with E-state index in [2.05, 4.69) is 4.98 Å². The summed E-state index contributed by atoms with van der Waals surface area (Å²) in [6, 6.07) is 8.43. The zero-order valence-corrected chi connectivity index (χ0v) is 7.94. The maximum atomic E-state index is 8.95. The Hall–Kier alpha value is -1.10. The van der Waals surface area contributed by atoms with Crippen LogP contribution < -0.4 is 5.46 Å². The Morgan fingerprint density at radius 3 is 2.64 bits per heavy atom. The van der Waals surface area contributed by atoms with Crippen molar-refractivity contribution in [3.8, 4) is 0 Å². The Morgan fingerprint density at radius 2 is 1.93 bits per heavy atom. The molecule has 0 fully saturated rings. The summed E-state index contributed by atoms with van der Waals surface area (Å²) < 4.78 is 0. The van der Waals surface area contributed by atoms with Crippen molar-refractivity contribution in [2.45, 2.75) is 0 Å². The predicted octanol–water partition coefficient (Wildman–Crippen LogP) is 0.568. The van der Waals surface area contributed by atoms with Crippen LogP contribution in [-0.4, -0.2) is 22.2 Å². The van der Waals surface area contributed by atoms with E-state index in [-0.39, 0.29) is 0 Å². The van der Waals surface area contributed by atoms with Gasteiger partial charge in [-0.1, -0.05) is 23.7 Å². The van der Waals surface area contributed by atoms with Gasteiger partial charge in [-0.15, -0.1) is 0 Å². The Kier molecular flexibility index (Phi) is 2.41. The summed E-state index contributed by atoms with van der Waals surface area (Å²) in [4.78, 5) is 4.08. The SMILES string of the molecule is OB(O)c1ccc2nc(Cl)ccc2c1. The number of fused-ring (bicyclic) bond motifs is 1. The average molecular weight is 207 g/mol. The molecule has 0 saturated heterocycles. The van der Waals surface area contributed by atoms with Crippen molar-refractivity contribution in [3.05, 3.63) is 35.5 Å². The van der Waals surface area contributed by atoms with E-state index in [4.69, 9.17) is 21.6 Å². The molecule has 0 aliphatic rings. The summed E-state index contributed by atoms with van der Waals surface area (Å²) in [7, 11) is -1.45. The first-order valence-electron chi connectivity index (χ1n) is 4.09. The summed E-state index contributed by atoms with van der Waals surface area (Å²) >= 11 is 5.71. The summed E-state index contributed by atoms with van der Waals surface area (Å²) in [5.74, 6) is 0. The molecule has 14 heavy (non-hydrogen) atoms. The maximum absolute atomic E-state index is 8.95. The Balaban J connectivity index is 2.62. The van der Waals surface area contributed by atoms with Gasteiger partial charge >= 0.3 is 7.12 Å². The minimum absolute atomic E-state index is 0.426. The molecule has 2 N–H and O–H groups in total. The van der Waals surface area contributed by atoms with Gasteiger partial charge in [-0.2, -0.15) is 0 Å². The highest BCUT2D eigenvalue weighted by Crippen LogP contribution is 2.13. The van der Waals surface area contributed by atoms with Gasteiger partial charge in [-0.3, -0.25) is 0 Å². The molecule has 1 heterocycles. The van der Waals surface area contributed by atoms with Crippen molar-refractivity contribution >= 4 is 35.1 Å². The molecule has 2 rings (SSSR count). The number of halogens is 1. The van der Waals surface area contributed by atoms with Crippen LogP contribution in [0, 0.1) is 0 Å². The van der Waals surface area contributed by atoms with Crippen LogP contribution >= 0.6 is 11.6 Å². The quantitative estimate of drug-likeness (QED) is 0.531. The maximum Gasteiger partial charge on any atom is 0.488 e. The van der Waals surface area contributed by atoms with Crippen LogP contribution in [0.2, 0.25) is 5.15 Å². The molecule has 0 amide bonds. The molecule has 0 bridgehead atoms. The van der Waals surface area contributed by atoms with Gasteiger partial charge in [-0.05, 0) is 29.0 Å². The lowest BCUT2D eigenvalue weighted by atomic mass is 9.80. The molecule has 0 aliphatic heterocycles. The highest BCUT2D eigenvalue weighted by Gasteiger charge is 2.10. The van der Waals surface area contributed by atoms with Crippen molar-refractivity contribution in [2.24, 2.45) is 0 Å². The van der Waals surface area contributed by atoms with Crippen molar-refractivity contribution in [1.29, 1.82) is 0 Å². The summed E-state index contributed by atoms with van der Waals surface area (Å²) in [5, 5.41) is 19.2. The highest BCUT2D eigenvalue weighted by molar-refractivity contribution is 6.58. The zero-order valence-electron chi connectivity index (χ0n) is 7.18. The lowest BCUT2D eigenvalue weighted by Crippen LogP contribution is -2.29. The molecule has 2 aromatic rings. The van der Waals surface area contributed by atoms with Gasteiger partial charge in [0.2, 0.25) is 0 Å². The van der Waals surface area contributed by atoms with Crippen LogP contribution in [0.15, 0.2) is 30.3 Å². The lowest BCUT2D eigenvalue weighted by Gasteiger charge is -2.01. The van der Waals surface area contributed by atoms with E-state index in [0.717, 1.165) is 10.9 Å². The Bertz CT molecular complexity index is 475. The number of benzene rings is 1. The third kappa shape index (κ3) is 1.72. The van der Waals surface area contributed by atoms with E-state index in [0.29, 0.717) is 10.6 Å². The average Bonchev–Trinajstić information content (AvgIpc) is 2.16. The molecule has 70 valence electrons. The van der Waals surface area contributed by atoms with Gasteiger partial charge in [0.15, 0.2) is 0 Å². The smallest absolute Gasteiger partial charge is 0.423 e.